The van der Waals surface area contributed by atoms with Crippen LogP contribution in [0.3, 0.4) is 0 Å². The van der Waals surface area contributed by atoms with Gasteiger partial charge in [-0.25, -0.2) is 15.0 Å². The van der Waals surface area contributed by atoms with Crippen LogP contribution >= 0.6 is 11.3 Å². The first-order valence-corrected chi connectivity index (χ1v) is 17.4. The van der Waals surface area contributed by atoms with Crippen LogP contribution in [-0.4, -0.2) is 15.0 Å². The van der Waals surface area contributed by atoms with Crippen LogP contribution in [0.4, 0.5) is 0 Å². The fraction of sp³-hybridized carbons (Fsp3) is 0. The maximum absolute atomic E-state index is 6.27. The van der Waals surface area contributed by atoms with Crippen LogP contribution in [0.1, 0.15) is 0 Å². The molecule has 0 aliphatic heterocycles. The summed E-state index contributed by atoms with van der Waals surface area (Å²) in [6.07, 6.45) is 0. The van der Waals surface area contributed by atoms with Crippen molar-refractivity contribution in [3.05, 3.63) is 164 Å². The van der Waals surface area contributed by atoms with Gasteiger partial charge in [0.25, 0.3) is 0 Å². The van der Waals surface area contributed by atoms with Crippen molar-refractivity contribution in [1.82, 2.24) is 15.0 Å². The molecule has 0 saturated heterocycles. The van der Waals surface area contributed by atoms with Crippen LogP contribution in [0, 0.1) is 0 Å². The van der Waals surface area contributed by atoms with E-state index in [-0.39, 0.29) is 0 Å². The summed E-state index contributed by atoms with van der Waals surface area (Å²) in [5.74, 6) is 1.82. The molecule has 0 fully saturated rings. The molecule has 0 aliphatic rings. The molecule has 0 aliphatic carbocycles. The summed E-state index contributed by atoms with van der Waals surface area (Å²) in [6.45, 7) is 0. The standard InChI is InChI=1S/C45H27N3OS/c1-2-12-28(13-3-1)32-16-4-5-19-38(32)45-47-43(46-44(48-45)31-24-25-35-34-17-6-8-22-39(34)49-40(35)27-31)30-15-10-14-29(26-30)33-20-11-21-37-36-18-7-9-23-41(36)50-42(33)37/h1-27H. The van der Waals surface area contributed by atoms with E-state index in [0.717, 1.165) is 55.3 Å². The Morgan fingerprint density at radius 3 is 1.84 bits per heavy atom. The van der Waals surface area contributed by atoms with E-state index in [1.165, 1.54) is 25.7 Å². The first kappa shape index (κ1) is 28.6. The van der Waals surface area contributed by atoms with Crippen LogP contribution in [0.5, 0.6) is 0 Å². The zero-order valence-electron chi connectivity index (χ0n) is 26.7. The van der Waals surface area contributed by atoms with Crippen molar-refractivity contribution in [2.45, 2.75) is 0 Å². The van der Waals surface area contributed by atoms with Gasteiger partial charge in [0, 0.05) is 47.6 Å². The minimum atomic E-state index is 0.590. The SMILES string of the molecule is c1ccc(-c2ccccc2-c2nc(-c3cccc(-c4cccc5c4sc4ccccc45)c3)nc(-c3ccc4c(c3)oc3ccccc34)n2)cc1. The minimum absolute atomic E-state index is 0.590. The van der Waals surface area contributed by atoms with Gasteiger partial charge in [-0.15, -0.1) is 11.3 Å². The maximum Gasteiger partial charge on any atom is 0.164 e. The fourth-order valence-corrected chi connectivity index (χ4v) is 8.21. The molecule has 5 heteroatoms. The molecule has 10 rings (SSSR count). The lowest BCUT2D eigenvalue weighted by atomic mass is 9.99. The molecule has 234 valence electrons. The highest BCUT2D eigenvalue weighted by atomic mass is 32.1. The minimum Gasteiger partial charge on any atom is -0.456 e. The monoisotopic (exact) mass is 657 g/mol. The summed E-state index contributed by atoms with van der Waals surface area (Å²) >= 11 is 1.84. The van der Waals surface area contributed by atoms with Crippen molar-refractivity contribution < 1.29 is 4.42 Å². The molecule has 0 amide bonds. The third kappa shape index (κ3) is 4.79. The lowest BCUT2D eigenvalue weighted by Gasteiger charge is -2.12. The molecule has 0 radical (unpaired) electrons. The molecule has 0 atom stereocenters. The first-order valence-electron chi connectivity index (χ1n) is 16.6. The number of furan rings is 1. The van der Waals surface area contributed by atoms with Gasteiger partial charge in [-0.2, -0.15) is 0 Å². The number of thiophene rings is 1. The second-order valence-corrected chi connectivity index (χ2v) is 13.4. The Bertz CT molecular complexity index is 2890. The summed E-state index contributed by atoms with van der Waals surface area (Å²) in [4.78, 5) is 15.4. The first-order chi connectivity index (χ1) is 24.8. The highest BCUT2D eigenvalue weighted by Crippen LogP contribution is 2.41. The lowest BCUT2D eigenvalue weighted by molar-refractivity contribution is 0.669. The smallest absolute Gasteiger partial charge is 0.164 e. The van der Waals surface area contributed by atoms with Gasteiger partial charge >= 0.3 is 0 Å². The van der Waals surface area contributed by atoms with Gasteiger partial charge in [-0.1, -0.05) is 133 Å². The highest BCUT2D eigenvalue weighted by molar-refractivity contribution is 7.26. The maximum atomic E-state index is 6.27. The topological polar surface area (TPSA) is 51.8 Å². The second-order valence-electron chi connectivity index (χ2n) is 12.4. The van der Waals surface area contributed by atoms with Crippen LogP contribution in [0.25, 0.3) is 98.5 Å². The molecule has 3 aromatic heterocycles. The normalized spacial score (nSPS) is 11.6. The van der Waals surface area contributed by atoms with E-state index < -0.39 is 0 Å². The van der Waals surface area contributed by atoms with E-state index in [1.807, 2.05) is 47.7 Å². The molecular formula is C45H27N3OS. The largest absolute Gasteiger partial charge is 0.456 e. The average Bonchev–Trinajstić information content (AvgIpc) is 3.76. The van der Waals surface area contributed by atoms with E-state index in [0.29, 0.717) is 17.5 Å². The Morgan fingerprint density at radius 1 is 0.360 bits per heavy atom. The summed E-state index contributed by atoms with van der Waals surface area (Å²) in [7, 11) is 0. The van der Waals surface area contributed by atoms with Crippen LogP contribution in [-0.2, 0) is 0 Å². The molecule has 3 heterocycles. The number of aromatic nitrogens is 3. The van der Waals surface area contributed by atoms with E-state index >= 15 is 0 Å². The number of rotatable bonds is 5. The Kier molecular flexibility index (Phi) is 6.64. The van der Waals surface area contributed by atoms with Gasteiger partial charge in [-0.3, -0.25) is 0 Å². The van der Waals surface area contributed by atoms with Crippen molar-refractivity contribution in [3.8, 4) is 56.4 Å². The number of hydrogen-bond acceptors (Lipinski definition) is 5. The van der Waals surface area contributed by atoms with Crippen molar-refractivity contribution in [2.75, 3.05) is 0 Å². The van der Waals surface area contributed by atoms with Gasteiger partial charge in [0.05, 0.1) is 0 Å². The Labute approximate surface area is 292 Å². The van der Waals surface area contributed by atoms with Crippen molar-refractivity contribution in [2.24, 2.45) is 0 Å². The molecule has 50 heavy (non-hydrogen) atoms. The molecule has 0 saturated carbocycles. The molecule has 4 nitrogen and oxygen atoms in total. The molecule has 7 aromatic carbocycles. The van der Waals surface area contributed by atoms with Crippen LogP contribution in [0.15, 0.2) is 168 Å². The van der Waals surface area contributed by atoms with Crippen molar-refractivity contribution in [3.63, 3.8) is 0 Å². The number of hydrogen-bond donors (Lipinski definition) is 0. The average molecular weight is 658 g/mol. The fourth-order valence-electron chi connectivity index (χ4n) is 6.97. The van der Waals surface area contributed by atoms with Gasteiger partial charge in [0.15, 0.2) is 17.5 Å². The summed E-state index contributed by atoms with van der Waals surface area (Å²) in [6, 6.07) is 56.8. The Hall–Kier alpha value is -6.43. The molecule has 0 unspecified atom stereocenters. The number of fused-ring (bicyclic) bond motifs is 6. The number of benzene rings is 7. The van der Waals surface area contributed by atoms with E-state index in [4.69, 9.17) is 19.4 Å². The third-order valence-corrected chi connectivity index (χ3v) is 10.6. The molecule has 10 aromatic rings. The highest BCUT2D eigenvalue weighted by Gasteiger charge is 2.18. The Morgan fingerprint density at radius 2 is 0.960 bits per heavy atom. The van der Waals surface area contributed by atoms with E-state index in [1.54, 1.807) is 0 Å². The van der Waals surface area contributed by atoms with Crippen molar-refractivity contribution in [1.29, 1.82) is 0 Å². The molecule has 0 bridgehead atoms. The van der Waals surface area contributed by atoms with Gasteiger partial charge in [0.2, 0.25) is 0 Å². The number of nitrogens with zero attached hydrogens (tertiary/aromatic N) is 3. The summed E-state index contributed by atoms with van der Waals surface area (Å²) in [5, 5.41) is 4.72. The predicted octanol–water partition coefficient (Wildman–Crippen LogP) is 12.5. The van der Waals surface area contributed by atoms with E-state index in [9.17, 15) is 0 Å². The van der Waals surface area contributed by atoms with E-state index in [2.05, 4.69) is 127 Å². The van der Waals surface area contributed by atoms with Crippen molar-refractivity contribution >= 4 is 53.4 Å². The lowest BCUT2D eigenvalue weighted by Crippen LogP contribution is -2.01. The summed E-state index contributed by atoms with van der Waals surface area (Å²) < 4.78 is 8.84. The van der Waals surface area contributed by atoms with Gasteiger partial charge in [0.1, 0.15) is 11.2 Å². The molecular weight excluding hydrogens is 631 g/mol. The van der Waals surface area contributed by atoms with Crippen LogP contribution in [0.2, 0.25) is 0 Å². The second kappa shape index (κ2) is 11.6. The zero-order valence-corrected chi connectivity index (χ0v) is 27.6. The predicted molar refractivity (Wildman–Crippen MR) is 207 cm³/mol. The number of para-hydroxylation sites is 1. The summed E-state index contributed by atoms with van der Waals surface area (Å²) in [5.41, 5.74) is 8.88. The van der Waals surface area contributed by atoms with Crippen LogP contribution < -0.4 is 0 Å². The quantitative estimate of drug-likeness (QED) is 0.185. The zero-order chi connectivity index (χ0) is 33.0. The van der Waals surface area contributed by atoms with Gasteiger partial charge in [-0.05, 0) is 52.6 Å². The van der Waals surface area contributed by atoms with Gasteiger partial charge < -0.3 is 4.42 Å². The third-order valence-electron chi connectivity index (χ3n) is 9.36. The molecule has 0 spiro atoms. The molecule has 0 N–H and O–H groups in total. The Balaban J connectivity index is 1.17.